The number of carbonyl (C=O) groups is 2. The van der Waals surface area contributed by atoms with Crippen LogP contribution in [0.25, 0.3) is 5.65 Å². The molecule has 134 valence electrons. The van der Waals surface area contributed by atoms with Crippen LogP contribution in [0.1, 0.15) is 23.1 Å². The van der Waals surface area contributed by atoms with Crippen LogP contribution >= 0.6 is 11.8 Å². The summed E-state index contributed by atoms with van der Waals surface area (Å²) < 4.78 is 6.32. The van der Waals surface area contributed by atoms with Gasteiger partial charge in [-0.3, -0.25) is 4.79 Å². The second-order valence-electron chi connectivity index (χ2n) is 5.32. The third-order valence-corrected chi connectivity index (χ3v) is 4.48. The Morgan fingerprint density at radius 2 is 1.92 bits per heavy atom. The molecule has 0 spiro atoms. The quantitative estimate of drug-likeness (QED) is 0.524. The van der Waals surface area contributed by atoms with Crippen molar-refractivity contribution in [3.8, 4) is 0 Å². The zero-order valence-electron chi connectivity index (χ0n) is 14.3. The second kappa shape index (κ2) is 7.96. The molecule has 3 rings (SSSR count). The molecule has 0 saturated carbocycles. The third kappa shape index (κ3) is 3.99. The van der Waals surface area contributed by atoms with E-state index in [1.807, 2.05) is 19.1 Å². The summed E-state index contributed by atoms with van der Waals surface area (Å²) >= 11 is 1.32. The number of nitrogens with one attached hydrogen (secondary N) is 1. The highest BCUT2D eigenvalue weighted by molar-refractivity contribution is 7.99. The summed E-state index contributed by atoms with van der Waals surface area (Å²) in [5, 5.41) is 16.0. The van der Waals surface area contributed by atoms with Crippen molar-refractivity contribution in [2.75, 3.05) is 18.2 Å². The van der Waals surface area contributed by atoms with E-state index in [0.717, 1.165) is 12.2 Å². The minimum Gasteiger partial charge on any atom is -0.465 e. The number of ether oxygens (including phenoxy) is 1. The zero-order valence-corrected chi connectivity index (χ0v) is 15.1. The van der Waals surface area contributed by atoms with Gasteiger partial charge in [-0.05, 0) is 36.4 Å². The van der Waals surface area contributed by atoms with Gasteiger partial charge in [0.1, 0.15) is 5.03 Å². The summed E-state index contributed by atoms with van der Waals surface area (Å²) in [6, 6.07) is 10.1. The van der Waals surface area contributed by atoms with Gasteiger partial charge in [-0.2, -0.15) is 9.61 Å². The lowest BCUT2D eigenvalue weighted by molar-refractivity contribution is -0.113. The predicted molar refractivity (Wildman–Crippen MR) is 97.3 cm³/mol. The number of thioether (sulfide) groups is 1. The molecule has 2 heterocycles. The summed E-state index contributed by atoms with van der Waals surface area (Å²) in [5.74, 6) is 0.404. The zero-order chi connectivity index (χ0) is 18.5. The van der Waals surface area contributed by atoms with Crippen LogP contribution in [0.4, 0.5) is 5.69 Å². The smallest absolute Gasteiger partial charge is 0.337 e. The molecule has 0 radical (unpaired) electrons. The van der Waals surface area contributed by atoms with Gasteiger partial charge in [-0.15, -0.1) is 10.2 Å². The number of methoxy groups -OCH3 is 1. The first-order chi connectivity index (χ1) is 12.6. The monoisotopic (exact) mass is 371 g/mol. The van der Waals surface area contributed by atoms with Gasteiger partial charge >= 0.3 is 5.97 Å². The first-order valence-electron chi connectivity index (χ1n) is 7.93. The summed E-state index contributed by atoms with van der Waals surface area (Å²) in [7, 11) is 1.32. The lowest BCUT2D eigenvalue weighted by Crippen LogP contribution is -2.14. The molecule has 0 aliphatic heterocycles. The summed E-state index contributed by atoms with van der Waals surface area (Å²) in [5.41, 5.74) is 1.72. The summed E-state index contributed by atoms with van der Waals surface area (Å²) in [6.07, 6.45) is 0.727. The van der Waals surface area contributed by atoms with Crippen LogP contribution in [0.3, 0.4) is 0 Å². The minimum absolute atomic E-state index is 0.165. The molecule has 0 aliphatic carbocycles. The number of fused-ring (bicyclic) bond motifs is 1. The van der Waals surface area contributed by atoms with Crippen molar-refractivity contribution in [2.24, 2.45) is 0 Å². The van der Waals surface area contributed by atoms with E-state index in [0.29, 0.717) is 21.9 Å². The third-order valence-electron chi connectivity index (χ3n) is 3.56. The Hall–Kier alpha value is -2.94. The van der Waals surface area contributed by atoms with Crippen molar-refractivity contribution >= 4 is 35.0 Å². The Morgan fingerprint density at radius 1 is 1.15 bits per heavy atom. The molecule has 8 nitrogen and oxygen atoms in total. The van der Waals surface area contributed by atoms with Crippen LogP contribution in [-0.2, 0) is 16.0 Å². The van der Waals surface area contributed by atoms with Crippen LogP contribution < -0.4 is 5.32 Å². The normalized spacial score (nSPS) is 10.7. The van der Waals surface area contributed by atoms with Gasteiger partial charge < -0.3 is 10.1 Å². The lowest BCUT2D eigenvalue weighted by Gasteiger charge is -2.06. The van der Waals surface area contributed by atoms with Crippen molar-refractivity contribution in [1.82, 2.24) is 19.8 Å². The average molecular weight is 371 g/mol. The van der Waals surface area contributed by atoms with E-state index in [4.69, 9.17) is 0 Å². The maximum Gasteiger partial charge on any atom is 0.337 e. The minimum atomic E-state index is -0.416. The number of carbonyl (C=O) groups excluding carboxylic acids is 2. The van der Waals surface area contributed by atoms with Crippen LogP contribution in [0.15, 0.2) is 41.4 Å². The molecule has 9 heteroatoms. The van der Waals surface area contributed by atoms with E-state index in [9.17, 15) is 9.59 Å². The van der Waals surface area contributed by atoms with Crippen molar-refractivity contribution in [3.63, 3.8) is 0 Å². The summed E-state index contributed by atoms with van der Waals surface area (Å²) in [4.78, 5) is 23.5. The van der Waals surface area contributed by atoms with Gasteiger partial charge in [0, 0.05) is 12.1 Å². The molecule has 0 saturated heterocycles. The molecule has 0 unspecified atom stereocenters. The molecule has 1 aromatic carbocycles. The molecule has 1 amide bonds. The number of nitrogens with zero attached hydrogens (tertiary/aromatic N) is 4. The first kappa shape index (κ1) is 17.9. The van der Waals surface area contributed by atoms with Gasteiger partial charge in [0.05, 0.1) is 18.4 Å². The molecule has 2 aromatic heterocycles. The molecule has 26 heavy (non-hydrogen) atoms. The maximum absolute atomic E-state index is 12.1. The van der Waals surface area contributed by atoms with Crippen molar-refractivity contribution in [2.45, 2.75) is 18.4 Å². The number of esters is 1. The lowest BCUT2D eigenvalue weighted by atomic mass is 10.2. The number of rotatable bonds is 6. The van der Waals surface area contributed by atoms with Gasteiger partial charge in [-0.25, -0.2) is 4.79 Å². The van der Waals surface area contributed by atoms with E-state index < -0.39 is 5.97 Å². The van der Waals surface area contributed by atoms with Crippen LogP contribution in [0.2, 0.25) is 0 Å². The van der Waals surface area contributed by atoms with E-state index in [2.05, 4.69) is 25.3 Å². The Balaban J connectivity index is 1.59. The fraction of sp³-hybridized carbons (Fsp3) is 0.235. The van der Waals surface area contributed by atoms with Crippen molar-refractivity contribution in [3.05, 3.63) is 47.8 Å². The number of amides is 1. The van der Waals surface area contributed by atoms with Crippen LogP contribution in [0.5, 0.6) is 0 Å². The standard InChI is InChI=1S/C17H17N5O3S/c1-3-13-19-20-14-8-9-16(21-22(13)14)26-10-15(23)18-12-6-4-11(5-7-12)17(24)25-2/h4-9H,3,10H2,1-2H3,(H,18,23). The number of aromatic nitrogens is 4. The molecular weight excluding hydrogens is 354 g/mol. The largest absolute Gasteiger partial charge is 0.465 e. The molecular formula is C17H17N5O3S. The van der Waals surface area contributed by atoms with Crippen molar-refractivity contribution < 1.29 is 14.3 Å². The van der Waals surface area contributed by atoms with E-state index >= 15 is 0 Å². The fourth-order valence-corrected chi connectivity index (χ4v) is 2.91. The second-order valence-corrected chi connectivity index (χ2v) is 6.31. The van der Waals surface area contributed by atoms with Crippen molar-refractivity contribution in [1.29, 1.82) is 0 Å². The number of hydrogen-bond donors (Lipinski definition) is 1. The highest BCUT2D eigenvalue weighted by atomic mass is 32.2. The molecule has 0 fully saturated rings. The highest BCUT2D eigenvalue weighted by Gasteiger charge is 2.09. The number of aryl methyl sites for hydroxylation is 1. The Morgan fingerprint density at radius 3 is 2.62 bits per heavy atom. The van der Waals surface area contributed by atoms with Gasteiger partial charge in [-0.1, -0.05) is 18.7 Å². The van der Waals surface area contributed by atoms with Crippen LogP contribution in [-0.4, -0.2) is 44.6 Å². The Labute approximate surface area is 154 Å². The molecule has 3 aromatic rings. The number of hydrogen-bond acceptors (Lipinski definition) is 7. The van der Waals surface area contributed by atoms with Crippen LogP contribution in [0, 0.1) is 0 Å². The highest BCUT2D eigenvalue weighted by Crippen LogP contribution is 2.17. The van der Waals surface area contributed by atoms with Gasteiger partial charge in [0.15, 0.2) is 11.5 Å². The fourth-order valence-electron chi connectivity index (χ4n) is 2.26. The molecule has 0 aliphatic rings. The molecule has 0 atom stereocenters. The summed E-state index contributed by atoms with van der Waals surface area (Å²) in [6.45, 7) is 1.98. The van der Waals surface area contributed by atoms with E-state index in [-0.39, 0.29) is 11.7 Å². The number of benzene rings is 1. The number of anilines is 1. The Bertz CT molecular complexity index is 939. The molecule has 1 N–H and O–H groups in total. The first-order valence-corrected chi connectivity index (χ1v) is 8.91. The SMILES string of the molecule is CCc1nnc2ccc(SCC(=O)Nc3ccc(C(=O)OC)cc3)nn12. The Kier molecular flexibility index (Phi) is 5.47. The van der Waals surface area contributed by atoms with E-state index in [1.54, 1.807) is 28.8 Å². The van der Waals surface area contributed by atoms with Gasteiger partial charge in [0.2, 0.25) is 5.91 Å². The molecule has 0 bridgehead atoms. The maximum atomic E-state index is 12.1. The van der Waals surface area contributed by atoms with E-state index in [1.165, 1.54) is 18.9 Å². The predicted octanol–water partition coefficient (Wildman–Crippen LogP) is 2.20. The van der Waals surface area contributed by atoms with Gasteiger partial charge in [0.25, 0.3) is 0 Å². The topological polar surface area (TPSA) is 98.5 Å². The average Bonchev–Trinajstić information content (AvgIpc) is 3.08.